The van der Waals surface area contributed by atoms with Crippen molar-refractivity contribution < 1.29 is 9.47 Å². The van der Waals surface area contributed by atoms with Crippen molar-refractivity contribution in [3.8, 4) is 0 Å². The van der Waals surface area contributed by atoms with Crippen LogP contribution >= 0.6 is 24.0 Å². The zero-order valence-electron chi connectivity index (χ0n) is 15.7. The number of halogens is 1. The summed E-state index contributed by atoms with van der Waals surface area (Å²) in [5, 5.41) is 6.71. The van der Waals surface area contributed by atoms with Crippen molar-refractivity contribution >= 4 is 29.9 Å². The predicted octanol–water partition coefficient (Wildman–Crippen LogP) is 2.09. The van der Waals surface area contributed by atoms with E-state index in [4.69, 9.17) is 9.47 Å². The molecule has 7 heteroatoms. The van der Waals surface area contributed by atoms with E-state index < -0.39 is 0 Å². The summed E-state index contributed by atoms with van der Waals surface area (Å²) in [5.41, 5.74) is 0. The van der Waals surface area contributed by atoms with Crippen LogP contribution in [-0.2, 0) is 9.47 Å². The lowest BCUT2D eigenvalue weighted by atomic mass is 9.94. The van der Waals surface area contributed by atoms with Crippen molar-refractivity contribution in [3.63, 3.8) is 0 Å². The first kappa shape index (κ1) is 23.9. The van der Waals surface area contributed by atoms with E-state index in [0.717, 1.165) is 44.7 Å². The summed E-state index contributed by atoms with van der Waals surface area (Å²) < 4.78 is 10.4. The van der Waals surface area contributed by atoms with Gasteiger partial charge >= 0.3 is 0 Å². The molecule has 1 rings (SSSR count). The van der Waals surface area contributed by atoms with Gasteiger partial charge in [-0.15, -0.1) is 24.0 Å². The Hall–Kier alpha value is -0.120. The lowest BCUT2D eigenvalue weighted by Crippen LogP contribution is -2.43. The van der Waals surface area contributed by atoms with Gasteiger partial charge in [0.25, 0.3) is 0 Å². The molecule has 2 N–H and O–H groups in total. The van der Waals surface area contributed by atoms with Crippen LogP contribution in [0.5, 0.6) is 0 Å². The Kier molecular flexibility index (Phi) is 16.3. The van der Waals surface area contributed by atoms with Gasteiger partial charge in [-0.05, 0) is 26.3 Å². The second-order valence-electron chi connectivity index (χ2n) is 6.16. The summed E-state index contributed by atoms with van der Waals surface area (Å²) >= 11 is 0. The van der Waals surface area contributed by atoms with Crippen molar-refractivity contribution in [2.24, 2.45) is 4.99 Å². The van der Waals surface area contributed by atoms with Crippen LogP contribution < -0.4 is 10.6 Å². The van der Waals surface area contributed by atoms with Gasteiger partial charge in [0.05, 0.1) is 13.2 Å². The molecular weight excluding hydrogens is 419 g/mol. The molecule has 0 aromatic heterocycles. The molecular formula is C17H37IN4O2. The third-order valence-electron chi connectivity index (χ3n) is 4.37. The Bertz CT molecular complexity index is 313. The molecule has 0 bridgehead atoms. The Balaban J connectivity index is 0.00000529. The molecule has 144 valence electrons. The Morgan fingerprint density at radius 2 is 1.79 bits per heavy atom. The molecule has 0 radical (unpaired) electrons. The average Bonchev–Trinajstić information content (AvgIpc) is 2.60. The number of hydrogen-bond acceptors (Lipinski definition) is 4. The molecule has 0 unspecified atom stereocenters. The minimum atomic E-state index is 0. The number of hydrogen-bond donors (Lipinski definition) is 2. The summed E-state index contributed by atoms with van der Waals surface area (Å²) in [6.07, 6.45) is 7.86. The van der Waals surface area contributed by atoms with Crippen LogP contribution in [0, 0.1) is 0 Å². The Morgan fingerprint density at radius 1 is 1.08 bits per heavy atom. The summed E-state index contributed by atoms with van der Waals surface area (Å²) in [6.45, 7) is 4.92. The molecule has 0 atom stereocenters. The number of nitrogens with one attached hydrogen (secondary N) is 2. The van der Waals surface area contributed by atoms with Gasteiger partial charge < -0.3 is 25.0 Å². The van der Waals surface area contributed by atoms with Crippen LogP contribution in [-0.4, -0.2) is 77.6 Å². The topological polar surface area (TPSA) is 58.1 Å². The van der Waals surface area contributed by atoms with E-state index in [1.54, 1.807) is 7.11 Å². The van der Waals surface area contributed by atoms with Crippen LogP contribution in [0.4, 0.5) is 0 Å². The van der Waals surface area contributed by atoms with Gasteiger partial charge in [-0.2, -0.15) is 0 Å². The predicted molar refractivity (Wildman–Crippen MR) is 112 cm³/mol. The quantitative estimate of drug-likeness (QED) is 0.216. The number of aliphatic imine (C=N–C) groups is 1. The zero-order valence-corrected chi connectivity index (χ0v) is 18.0. The summed E-state index contributed by atoms with van der Waals surface area (Å²) in [5.74, 6) is 0.874. The normalized spacial score (nSPS) is 16.1. The molecule has 1 aliphatic rings. The van der Waals surface area contributed by atoms with Crippen LogP contribution in [0.2, 0.25) is 0 Å². The maximum atomic E-state index is 5.44. The fourth-order valence-electron chi connectivity index (χ4n) is 2.90. The van der Waals surface area contributed by atoms with Crippen LogP contribution in [0.3, 0.4) is 0 Å². The Morgan fingerprint density at radius 3 is 2.46 bits per heavy atom. The fraction of sp³-hybridized carbons (Fsp3) is 0.941. The second-order valence-corrected chi connectivity index (χ2v) is 6.16. The highest BCUT2D eigenvalue weighted by Gasteiger charge is 2.17. The lowest BCUT2D eigenvalue weighted by Gasteiger charge is -2.31. The number of ether oxygens (including phenoxy) is 2. The van der Waals surface area contributed by atoms with Gasteiger partial charge in [0, 0.05) is 46.4 Å². The number of likely N-dealkylation sites (N-methyl/N-ethyl adjacent to an activating group) is 1. The first-order chi connectivity index (χ1) is 11.3. The molecule has 6 nitrogen and oxygen atoms in total. The maximum absolute atomic E-state index is 5.44. The highest BCUT2D eigenvalue weighted by Crippen LogP contribution is 2.21. The second kappa shape index (κ2) is 16.4. The van der Waals surface area contributed by atoms with Crippen molar-refractivity contribution in [2.45, 2.75) is 44.6 Å². The monoisotopic (exact) mass is 456 g/mol. The largest absolute Gasteiger partial charge is 0.382 e. The highest BCUT2D eigenvalue weighted by atomic mass is 127. The third kappa shape index (κ3) is 11.4. The molecule has 0 amide bonds. The smallest absolute Gasteiger partial charge is 0.191 e. The van der Waals surface area contributed by atoms with Crippen molar-refractivity contribution in [1.29, 1.82) is 0 Å². The van der Waals surface area contributed by atoms with E-state index >= 15 is 0 Å². The van der Waals surface area contributed by atoms with Crippen molar-refractivity contribution in [2.75, 3.05) is 60.7 Å². The van der Waals surface area contributed by atoms with E-state index in [0.29, 0.717) is 13.2 Å². The number of rotatable bonds is 11. The molecule has 0 saturated heterocycles. The minimum absolute atomic E-state index is 0. The van der Waals surface area contributed by atoms with E-state index in [9.17, 15) is 0 Å². The number of guanidine groups is 1. The third-order valence-corrected chi connectivity index (χ3v) is 4.37. The molecule has 0 aromatic carbocycles. The van der Waals surface area contributed by atoms with Gasteiger partial charge in [-0.3, -0.25) is 4.99 Å². The average molecular weight is 456 g/mol. The molecule has 0 aromatic rings. The summed E-state index contributed by atoms with van der Waals surface area (Å²) in [7, 11) is 5.74. The SMILES string of the molecule is CN=C(NCCCOCCOC)NCCN(C)C1CCCCC1.I. The van der Waals surface area contributed by atoms with Crippen LogP contribution in [0.15, 0.2) is 4.99 Å². The molecule has 1 fully saturated rings. The van der Waals surface area contributed by atoms with E-state index in [2.05, 4.69) is 27.6 Å². The first-order valence-electron chi connectivity index (χ1n) is 8.99. The van der Waals surface area contributed by atoms with Crippen LogP contribution in [0.25, 0.3) is 0 Å². The number of methoxy groups -OCH3 is 1. The van der Waals surface area contributed by atoms with E-state index in [-0.39, 0.29) is 24.0 Å². The molecule has 1 aliphatic carbocycles. The fourth-order valence-corrected chi connectivity index (χ4v) is 2.90. The summed E-state index contributed by atoms with van der Waals surface area (Å²) in [6, 6.07) is 0.768. The molecule has 1 saturated carbocycles. The first-order valence-corrected chi connectivity index (χ1v) is 8.99. The van der Waals surface area contributed by atoms with Gasteiger partial charge in [-0.25, -0.2) is 0 Å². The number of nitrogens with zero attached hydrogens (tertiary/aromatic N) is 2. The standard InChI is InChI=1S/C17H36N4O2.HI/c1-18-17(19-10-7-13-23-15-14-22-3)20-11-12-21(2)16-8-5-4-6-9-16;/h16H,4-15H2,1-3H3,(H2,18,19,20);1H. The maximum Gasteiger partial charge on any atom is 0.191 e. The van der Waals surface area contributed by atoms with Crippen molar-refractivity contribution in [3.05, 3.63) is 0 Å². The van der Waals surface area contributed by atoms with Gasteiger partial charge in [0.1, 0.15) is 0 Å². The molecule has 24 heavy (non-hydrogen) atoms. The highest BCUT2D eigenvalue weighted by molar-refractivity contribution is 14.0. The molecule has 0 spiro atoms. The van der Waals surface area contributed by atoms with Crippen LogP contribution in [0.1, 0.15) is 38.5 Å². The van der Waals surface area contributed by atoms with Crippen molar-refractivity contribution in [1.82, 2.24) is 15.5 Å². The van der Waals surface area contributed by atoms with Gasteiger partial charge in [0.2, 0.25) is 0 Å². The minimum Gasteiger partial charge on any atom is -0.382 e. The lowest BCUT2D eigenvalue weighted by molar-refractivity contribution is 0.0698. The molecule has 0 aliphatic heterocycles. The van der Waals surface area contributed by atoms with Gasteiger partial charge in [0.15, 0.2) is 5.96 Å². The molecule has 0 heterocycles. The zero-order chi connectivity index (χ0) is 16.8. The van der Waals surface area contributed by atoms with E-state index in [1.165, 1.54) is 32.1 Å². The summed E-state index contributed by atoms with van der Waals surface area (Å²) in [4.78, 5) is 6.75. The van der Waals surface area contributed by atoms with Gasteiger partial charge in [-0.1, -0.05) is 19.3 Å². The van der Waals surface area contributed by atoms with E-state index in [1.807, 2.05) is 7.05 Å². The Labute approximate surface area is 165 Å².